The van der Waals surface area contributed by atoms with E-state index in [9.17, 15) is 4.79 Å². The van der Waals surface area contributed by atoms with Gasteiger partial charge in [0.05, 0.1) is 17.4 Å². The van der Waals surface area contributed by atoms with Crippen LogP contribution in [0.25, 0.3) is 0 Å². The number of benzene rings is 2. The minimum atomic E-state index is -0.0559. The highest BCUT2D eigenvalue weighted by molar-refractivity contribution is 5.95. The second-order valence-electron chi connectivity index (χ2n) is 7.34. The minimum Gasteiger partial charge on any atom is -0.457 e. The monoisotopic (exact) mass is 387 g/mol. The van der Waals surface area contributed by atoms with Gasteiger partial charge in [-0.1, -0.05) is 37.5 Å². The van der Waals surface area contributed by atoms with Crippen molar-refractivity contribution < 1.29 is 9.53 Å². The van der Waals surface area contributed by atoms with E-state index in [-0.39, 0.29) is 11.9 Å². The normalized spacial score (nSPS) is 14.2. The average Bonchev–Trinajstić information content (AvgIpc) is 2.77. The highest BCUT2D eigenvalue weighted by Crippen LogP contribution is 2.24. The second kappa shape index (κ2) is 9.24. The third kappa shape index (κ3) is 5.35. The molecule has 3 aromatic rings. The van der Waals surface area contributed by atoms with Crippen LogP contribution in [-0.2, 0) is 0 Å². The molecule has 0 bridgehead atoms. The third-order valence-corrected chi connectivity index (χ3v) is 5.06. The minimum absolute atomic E-state index is 0.0559. The number of carbonyl (C=O) groups is 1. The predicted molar refractivity (Wildman–Crippen MR) is 115 cm³/mol. The number of aromatic nitrogens is 1. The predicted octanol–water partition coefficient (Wildman–Crippen LogP) is 5.68. The summed E-state index contributed by atoms with van der Waals surface area (Å²) in [6, 6.07) is 19.5. The van der Waals surface area contributed by atoms with Gasteiger partial charge in [0.25, 0.3) is 5.91 Å². The number of amides is 1. The molecule has 1 saturated carbocycles. The summed E-state index contributed by atoms with van der Waals surface area (Å²) >= 11 is 0. The molecule has 148 valence electrons. The number of nitrogens with one attached hydrogen (secondary N) is 2. The number of ether oxygens (including phenoxy) is 1. The van der Waals surface area contributed by atoms with Crippen LogP contribution >= 0.6 is 0 Å². The molecule has 0 spiro atoms. The largest absolute Gasteiger partial charge is 0.457 e. The molecule has 4 rings (SSSR count). The number of nitrogens with zero attached hydrogens (tertiary/aromatic N) is 1. The summed E-state index contributed by atoms with van der Waals surface area (Å²) in [5.41, 5.74) is 2.25. The molecule has 29 heavy (non-hydrogen) atoms. The Morgan fingerprint density at radius 1 is 0.862 bits per heavy atom. The van der Waals surface area contributed by atoms with Gasteiger partial charge in [-0.3, -0.25) is 9.78 Å². The first-order valence-corrected chi connectivity index (χ1v) is 10.1. The molecule has 0 radical (unpaired) electrons. The zero-order chi connectivity index (χ0) is 19.9. The number of para-hydroxylation sites is 1. The molecule has 0 saturated heterocycles. The molecule has 5 heteroatoms. The molecule has 2 N–H and O–H groups in total. The van der Waals surface area contributed by atoms with Crippen LogP contribution in [0.1, 0.15) is 42.5 Å². The van der Waals surface area contributed by atoms with Gasteiger partial charge in [0.1, 0.15) is 11.5 Å². The molecular weight excluding hydrogens is 362 g/mol. The van der Waals surface area contributed by atoms with Crippen molar-refractivity contribution in [1.82, 2.24) is 10.3 Å². The van der Waals surface area contributed by atoms with Crippen molar-refractivity contribution in [1.29, 1.82) is 0 Å². The Labute approximate surface area is 171 Å². The van der Waals surface area contributed by atoms with Crippen LogP contribution in [-0.4, -0.2) is 16.9 Å². The summed E-state index contributed by atoms with van der Waals surface area (Å²) in [4.78, 5) is 16.8. The molecule has 0 aliphatic heterocycles. The Hall–Kier alpha value is -3.34. The lowest BCUT2D eigenvalue weighted by Crippen LogP contribution is -2.36. The number of rotatable bonds is 6. The highest BCUT2D eigenvalue weighted by Gasteiger charge is 2.17. The molecule has 1 aliphatic carbocycles. The van der Waals surface area contributed by atoms with E-state index in [0.29, 0.717) is 5.56 Å². The first kappa shape index (κ1) is 19.0. The van der Waals surface area contributed by atoms with Crippen LogP contribution in [0.2, 0.25) is 0 Å². The van der Waals surface area contributed by atoms with Crippen molar-refractivity contribution in [3.63, 3.8) is 0 Å². The van der Waals surface area contributed by atoms with Crippen LogP contribution in [0, 0.1) is 0 Å². The van der Waals surface area contributed by atoms with Crippen LogP contribution < -0.4 is 15.4 Å². The maximum absolute atomic E-state index is 12.5. The lowest BCUT2D eigenvalue weighted by molar-refractivity contribution is 0.0927. The van der Waals surface area contributed by atoms with Crippen LogP contribution in [0.15, 0.2) is 73.1 Å². The SMILES string of the molecule is O=C(NC1CCCCC1)c1cncc(Nc2ccc(Oc3ccccc3)cc2)c1. The number of hydrogen-bond donors (Lipinski definition) is 2. The molecule has 5 nitrogen and oxygen atoms in total. The number of anilines is 2. The van der Waals surface area contributed by atoms with Crippen LogP contribution in [0.5, 0.6) is 11.5 Å². The van der Waals surface area contributed by atoms with Gasteiger partial charge in [-0.15, -0.1) is 0 Å². The lowest BCUT2D eigenvalue weighted by Gasteiger charge is -2.22. The van der Waals surface area contributed by atoms with Gasteiger partial charge in [0.2, 0.25) is 0 Å². The van der Waals surface area contributed by atoms with Crippen molar-refractivity contribution in [2.75, 3.05) is 5.32 Å². The Bertz CT molecular complexity index is 936. The van der Waals surface area contributed by atoms with E-state index in [0.717, 1.165) is 35.7 Å². The zero-order valence-corrected chi connectivity index (χ0v) is 16.3. The Balaban J connectivity index is 1.37. The van der Waals surface area contributed by atoms with Gasteiger partial charge in [-0.25, -0.2) is 0 Å². The fraction of sp³-hybridized carbons (Fsp3) is 0.250. The number of pyridine rings is 1. The van der Waals surface area contributed by atoms with Crippen molar-refractivity contribution in [2.24, 2.45) is 0 Å². The van der Waals surface area contributed by atoms with E-state index in [4.69, 9.17) is 4.74 Å². The van der Waals surface area contributed by atoms with Crippen LogP contribution in [0.3, 0.4) is 0 Å². The lowest BCUT2D eigenvalue weighted by atomic mass is 9.95. The van der Waals surface area contributed by atoms with Gasteiger partial charge < -0.3 is 15.4 Å². The van der Waals surface area contributed by atoms with E-state index < -0.39 is 0 Å². The summed E-state index contributed by atoms with van der Waals surface area (Å²) in [5, 5.41) is 6.43. The van der Waals surface area contributed by atoms with Gasteiger partial charge in [0.15, 0.2) is 0 Å². The summed E-state index contributed by atoms with van der Waals surface area (Å²) in [6.07, 6.45) is 9.10. The van der Waals surface area contributed by atoms with Crippen molar-refractivity contribution in [3.05, 3.63) is 78.6 Å². The fourth-order valence-corrected chi connectivity index (χ4v) is 3.55. The molecule has 1 heterocycles. The van der Waals surface area contributed by atoms with Gasteiger partial charge in [-0.2, -0.15) is 0 Å². The standard InChI is InChI=1S/C24H25N3O2/c28-24(27-19-7-3-1-4-8-19)18-15-21(17-25-16-18)26-20-11-13-23(14-12-20)29-22-9-5-2-6-10-22/h2,5-6,9-17,19,26H,1,3-4,7-8H2,(H,27,28). The molecule has 0 unspecified atom stereocenters. The zero-order valence-electron chi connectivity index (χ0n) is 16.3. The molecule has 1 aromatic heterocycles. The molecule has 1 aliphatic rings. The van der Waals surface area contributed by atoms with E-state index in [2.05, 4.69) is 15.6 Å². The Morgan fingerprint density at radius 2 is 1.59 bits per heavy atom. The molecular formula is C24H25N3O2. The van der Waals surface area contributed by atoms with E-state index in [1.165, 1.54) is 19.3 Å². The third-order valence-electron chi connectivity index (χ3n) is 5.06. The summed E-state index contributed by atoms with van der Waals surface area (Å²) in [5.74, 6) is 1.51. The molecule has 2 aromatic carbocycles. The summed E-state index contributed by atoms with van der Waals surface area (Å²) in [7, 11) is 0. The maximum Gasteiger partial charge on any atom is 0.253 e. The second-order valence-corrected chi connectivity index (χ2v) is 7.34. The first-order chi connectivity index (χ1) is 14.3. The van der Waals surface area contributed by atoms with Crippen molar-refractivity contribution >= 4 is 17.3 Å². The van der Waals surface area contributed by atoms with Crippen molar-refractivity contribution in [2.45, 2.75) is 38.1 Å². The van der Waals surface area contributed by atoms with Crippen molar-refractivity contribution in [3.8, 4) is 11.5 Å². The first-order valence-electron chi connectivity index (χ1n) is 10.1. The van der Waals surface area contributed by atoms with Crippen LogP contribution in [0.4, 0.5) is 11.4 Å². The van der Waals surface area contributed by atoms with Gasteiger partial charge >= 0.3 is 0 Å². The van der Waals surface area contributed by atoms with E-state index in [1.807, 2.05) is 60.7 Å². The molecule has 0 atom stereocenters. The number of hydrogen-bond acceptors (Lipinski definition) is 4. The maximum atomic E-state index is 12.5. The fourth-order valence-electron chi connectivity index (χ4n) is 3.55. The van der Waals surface area contributed by atoms with E-state index in [1.54, 1.807) is 12.4 Å². The van der Waals surface area contributed by atoms with E-state index >= 15 is 0 Å². The number of carbonyl (C=O) groups excluding carboxylic acids is 1. The van der Waals surface area contributed by atoms with Gasteiger partial charge in [0, 0.05) is 17.9 Å². The molecule has 1 amide bonds. The topological polar surface area (TPSA) is 63.2 Å². The smallest absolute Gasteiger partial charge is 0.253 e. The van der Waals surface area contributed by atoms with Gasteiger partial charge in [-0.05, 0) is 55.3 Å². The molecule has 1 fully saturated rings. The summed E-state index contributed by atoms with van der Waals surface area (Å²) in [6.45, 7) is 0. The Kier molecular flexibility index (Phi) is 6.05. The highest BCUT2D eigenvalue weighted by atomic mass is 16.5. The quantitative estimate of drug-likeness (QED) is 0.571. The average molecular weight is 387 g/mol. The summed E-state index contributed by atoms with van der Waals surface area (Å²) < 4.78 is 5.81. The Morgan fingerprint density at radius 3 is 2.34 bits per heavy atom.